The van der Waals surface area contributed by atoms with Crippen molar-refractivity contribution in [2.45, 2.75) is 38.2 Å². The van der Waals surface area contributed by atoms with E-state index >= 15 is 0 Å². The van der Waals surface area contributed by atoms with E-state index in [9.17, 15) is 14.3 Å². The Hall–Kier alpha value is -3.15. The summed E-state index contributed by atoms with van der Waals surface area (Å²) in [4.78, 5) is 13.7. The number of aromatic hydroxyl groups is 1. The van der Waals surface area contributed by atoms with Crippen molar-refractivity contribution in [3.8, 4) is 11.5 Å². The third-order valence-electron chi connectivity index (χ3n) is 7.28. The molecule has 0 amide bonds. The highest BCUT2D eigenvalue weighted by molar-refractivity contribution is 6.30. The fraction of sp³-hybridized carbons (Fsp3) is 0.323. The monoisotopic (exact) mass is 519 g/mol. The van der Waals surface area contributed by atoms with Crippen molar-refractivity contribution in [3.63, 3.8) is 0 Å². The molecule has 1 fully saturated rings. The van der Waals surface area contributed by atoms with Crippen molar-refractivity contribution in [1.29, 1.82) is 0 Å². The molecule has 1 unspecified atom stereocenters. The van der Waals surface area contributed by atoms with E-state index in [1.807, 2.05) is 36.4 Å². The number of phenols is 1. The van der Waals surface area contributed by atoms with Crippen LogP contribution in [0.15, 0.2) is 60.7 Å². The molecule has 3 aromatic carbocycles. The van der Waals surface area contributed by atoms with Crippen LogP contribution in [0.1, 0.15) is 58.3 Å². The van der Waals surface area contributed by atoms with E-state index in [1.165, 1.54) is 0 Å². The minimum atomic E-state index is -0.283. The van der Waals surface area contributed by atoms with Crippen LogP contribution in [0.2, 0.25) is 5.02 Å². The maximum Gasteiger partial charge on any atom is 0.150 e. The number of ether oxygens (including phenoxy) is 1. The van der Waals surface area contributed by atoms with Crippen LogP contribution in [0, 0.1) is 0 Å². The van der Waals surface area contributed by atoms with Gasteiger partial charge in [-0.15, -0.1) is 0 Å². The zero-order chi connectivity index (χ0) is 25.8. The first kappa shape index (κ1) is 25.5. The normalized spacial score (nSPS) is 17.9. The van der Waals surface area contributed by atoms with Crippen molar-refractivity contribution >= 4 is 29.0 Å². The lowest BCUT2D eigenvalue weighted by molar-refractivity contribution is 0.112. The molecular weight excluding hydrogens is 489 g/mol. The Bertz CT molecular complexity index is 1300. The van der Waals surface area contributed by atoms with E-state index in [1.54, 1.807) is 12.1 Å². The lowest BCUT2D eigenvalue weighted by Crippen LogP contribution is -2.26. The molecule has 6 heteroatoms. The number of carbonyl (C=O) groups excluding carboxylic acids is 1. The third-order valence-corrected chi connectivity index (χ3v) is 7.51. The highest BCUT2D eigenvalue weighted by atomic mass is 35.5. The van der Waals surface area contributed by atoms with Gasteiger partial charge in [-0.2, -0.15) is 0 Å². The summed E-state index contributed by atoms with van der Waals surface area (Å²) in [6, 6.07) is 19.2. The zero-order valence-electron chi connectivity index (χ0n) is 20.8. The third kappa shape index (κ3) is 5.73. The van der Waals surface area contributed by atoms with Crippen LogP contribution >= 0.6 is 11.6 Å². The largest absolute Gasteiger partial charge is 0.507 e. The van der Waals surface area contributed by atoms with E-state index < -0.39 is 0 Å². The van der Waals surface area contributed by atoms with E-state index in [2.05, 4.69) is 17.0 Å². The van der Waals surface area contributed by atoms with Gasteiger partial charge in [0.15, 0.2) is 0 Å². The Morgan fingerprint density at radius 2 is 1.86 bits per heavy atom. The van der Waals surface area contributed by atoms with Gasteiger partial charge in [0.1, 0.15) is 23.9 Å². The predicted octanol–water partition coefficient (Wildman–Crippen LogP) is 6.97. The fourth-order valence-electron chi connectivity index (χ4n) is 5.51. The van der Waals surface area contributed by atoms with Gasteiger partial charge in [0, 0.05) is 35.8 Å². The van der Waals surface area contributed by atoms with Gasteiger partial charge in [-0.05, 0) is 96.3 Å². The molecule has 192 valence electrons. The van der Waals surface area contributed by atoms with Crippen LogP contribution in [-0.2, 0) is 6.42 Å². The van der Waals surface area contributed by atoms with Gasteiger partial charge in [-0.3, -0.25) is 14.1 Å². The standard InChI is InChI=1S/C31H31ClFNO3/c32-24-8-12-28(30(36)18-24)29-4-1-3-23-17-21(20-35)5-11-27(23)31(29)22-6-9-25(10-7-22)37-26-13-16-34(19-26)15-2-14-33/h5-12,17-18,20,26,36H,1-4,13-16,19H2. The van der Waals surface area contributed by atoms with Crippen LogP contribution in [-0.4, -0.2) is 48.7 Å². The molecule has 0 aromatic heterocycles. The second kappa shape index (κ2) is 11.5. The molecular formula is C31H31ClFNO3. The minimum Gasteiger partial charge on any atom is -0.507 e. The number of hydrogen-bond donors (Lipinski definition) is 1. The van der Waals surface area contributed by atoms with Crippen LogP contribution in [0.25, 0.3) is 11.1 Å². The summed E-state index contributed by atoms with van der Waals surface area (Å²) in [6.45, 7) is 2.24. The number of fused-ring (bicyclic) bond motifs is 1. The minimum absolute atomic E-state index is 0.103. The quantitative estimate of drug-likeness (QED) is 0.327. The highest BCUT2D eigenvalue weighted by Gasteiger charge is 2.25. The molecule has 1 aliphatic heterocycles. The average molecular weight is 520 g/mol. The van der Waals surface area contributed by atoms with Crippen LogP contribution in [0.3, 0.4) is 0 Å². The summed E-state index contributed by atoms with van der Waals surface area (Å²) < 4.78 is 18.8. The Balaban J connectivity index is 1.50. The summed E-state index contributed by atoms with van der Waals surface area (Å²) in [7, 11) is 0. The van der Waals surface area contributed by atoms with Crippen LogP contribution in [0.4, 0.5) is 4.39 Å². The molecule has 4 nitrogen and oxygen atoms in total. The smallest absolute Gasteiger partial charge is 0.150 e. The molecule has 0 spiro atoms. The number of likely N-dealkylation sites (tertiary alicyclic amines) is 1. The van der Waals surface area contributed by atoms with Crippen molar-refractivity contribution in [1.82, 2.24) is 4.90 Å². The Kier molecular flexibility index (Phi) is 7.92. The lowest BCUT2D eigenvalue weighted by atomic mass is 9.87. The maximum atomic E-state index is 12.5. The van der Waals surface area contributed by atoms with Crippen LogP contribution in [0.5, 0.6) is 11.5 Å². The first-order valence-corrected chi connectivity index (χ1v) is 13.3. The molecule has 1 saturated heterocycles. The Morgan fingerprint density at radius 3 is 2.62 bits per heavy atom. The lowest BCUT2D eigenvalue weighted by Gasteiger charge is -2.19. The number of hydrogen-bond acceptors (Lipinski definition) is 4. The number of alkyl halides is 1. The van der Waals surface area contributed by atoms with E-state index in [4.69, 9.17) is 16.3 Å². The number of phenolic OH excluding ortho intramolecular Hbond substituents is 1. The molecule has 1 N–H and O–H groups in total. The summed E-state index contributed by atoms with van der Waals surface area (Å²) in [5, 5.41) is 11.3. The van der Waals surface area contributed by atoms with Crippen molar-refractivity contribution in [3.05, 3.63) is 93.5 Å². The molecule has 5 rings (SSSR count). The number of carbonyl (C=O) groups is 1. The van der Waals surface area contributed by atoms with Crippen molar-refractivity contribution in [2.24, 2.45) is 0 Å². The molecule has 1 heterocycles. The predicted molar refractivity (Wildman–Crippen MR) is 146 cm³/mol. The van der Waals surface area contributed by atoms with Gasteiger partial charge < -0.3 is 9.84 Å². The average Bonchev–Trinajstić information content (AvgIpc) is 3.26. The van der Waals surface area contributed by atoms with E-state index in [0.717, 1.165) is 90.8 Å². The van der Waals surface area contributed by atoms with Gasteiger partial charge in [-0.1, -0.05) is 35.9 Å². The Labute approximate surface area is 222 Å². The van der Waals surface area contributed by atoms with Gasteiger partial charge in [0.2, 0.25) is 0 Å². The van der Waals surface area contributed by atoms with Crippen molar-refractivity contribution < 1.29 is 19.0 Å². The van der Waals surface area contributed by atoms with Gasteiger partial charge in [-0.25, -0.2) is 0 Å². The first-order valence-electron chi connectivity index (χ1n) is 12.9. The van der Waals surface area contributed by atoms with Gasteiger partial charge in [0.05, 0.1) is 6.67 Å². The van der Waals surface area contributed by atoms with Crippen molar-refractivity contribution in [2.75, 3.05) is 26.3 Å². The number of allylic oxidation sites excluding steroid dienone is 1. The Morgan fingerprint density at radius 1 is 1.05 bits per heavy atom. The molecule has 0 saturated carbocycles. The number of benzene rings is 3. The molecule has 2 aliphatic rings. The molecule has 0 bridgehead atoms. The topological polar surface area (TPSA) is 49.8 Å². The summed E-state index contributed by atoms with van der Waals surface area (Å²) in [6.07, 6.45) is 5.02. The molecule has 37 heavy (non-hydrogen) atoms. The number of aryl methyl sites for hydroxylation is 1. The molecule has 3 aromatic rings. The van der Waals surface area contributed by atoms with Gasteiger partial charge in [0.25, 0.3) is 0 Å². The molecule has 1 atom stereocenters. The fourth-order valence-corrected chi connectivity index (χ4v) is 5.68. The number of nitrogens with zero attached hydrogens (tertiary/aromatic N) is 1. The molecule has 1 aliphatic carbocycles. The highest BCUT2D eigenvalue weighted by Crippen LogP contribution is 2.43. The SMILES string of the molecule is O=Cc1ccc2c(c1)CCCC(c1ccc(Cl)cc1O)=C2c1ccc(OC2CCN(CCCF)C2)cc1. The number of halogens is 2. The summed E-state index contributed by atoms with van der Waals surface area (Å²) >= 11 is 6.13. The van der Waals surface area contributed by atoms with Gasteiger partial charge >= 0.3 is 0 Å². The number of aldehydes is 1. The summed E-state index contributed by atoms with van der Waals surface area (Å²) in [5.74, 6) is 0.967. The second-order valence-corrected chi connectivity index (χ2v) is 10.2. The van der Waals surface area contributed by atoms with Crippen LogP contribution < -0.4 is 4.74 Å². The first-order chi connectivity index (χ1) is 18.1. The van der Waals surface area contributed by atoms with E-state index in [0.29, 0.717) is 17.0 Å². The molecule has 0 radical (unpaired) electrons. The zero-order valence-corrected chi connectivity index (χ0v) is 21.5. The number of rotatable bonds is 8. The summed E-state index contributed by atoms with van der Waals surface area (Å²) in [5.41, 5.74) is 6.76. The second-order valence-electron chi connectivity index (χ2n) is 9.80. The maximum absolute atomic E-state index is 12.5. The van der Waals surface area contributed by atoms with E-state index in [-0.39, 0.29) is 18.5 Å².